The quantitative estimate of drug-likeness (QED) is 0.944. The van der Waals surface area contributed by atoms with E-state index in [1.807, 2.05) is 25.1 Å². The van der Waals surface area contributed by atoms with Gasteiger partial charge < -0.3 is 9.72 Å². The summed E-state index contributed by atoms with van der Waals surface area (Å²) < 4.78 is 5.37. The van der Waals surface area contributed by atoms with E-state index in [4.69, 9.17) is 16.3 Å². The minimum Gasteiger partial charge on any atom is -0.379 e. The van der Waals surface area contributed by atoms with Crippen molar-refractivity contribution in [3.63, 3.8) is 0 Å². The molecule has 0 atom stereocenters. The number of benzene rings is 1. The predicted octanol–water partition coefficient (Wildman–Crippen LogP) is 2.90. The van der Waals surface area contributed by atoms with Crippen LogP contribution in [0.25, 0.3) is 11.3 Å². The van der Waals surface area contributed by atoms with Gasteiger partial charge in [-0.2, -0.15) is 0 Å². The van der Waals surface area contributed by atoms with Crippen LogP contribution < -0.4 is 4.87 Å². The summed E-state index contributed by atoms with van der Waals surface area (Å²) >= 11 is 7.38. The van der Waals surface area contributed by atoms with Gasteiger partial charge in [-0.15, -0.1) is 0 Å². The van der Waals surface area contributed by atoms with Crippen molar-refractivity contribution in [2.45, 2.75) is 13.5 Å². The van der Waals surface area contributed by atoms with E-state index in [9.17, 15) is 4.79 Å². The van der Waals surface area contributed by atoms with Crippen molar-refractivity contribution in [2.24, 2.45) is 0 Å². The van der Waals surface area contributed by atoms with Gasteiger partial charge in [0.05, 0.1) is 18.9 Å². The van der Waals surface area contributed by atoms with Crippen LogP contribution in [0.1, 0.15) is 10.4 Å². The zero-order valence-electron chi connectivity index (χ0n) is 11.8. The molecule has 2 aromatic rings. The van der Waals surface area contributed by atoms with Crippen LogP contribution in [-0.4, -0.2) is 36.2 Å². The second-order valence-corrected chi connectivity index (χ2v) is 6.66. The number of halogens is 1. The Labute approximate surface area is 132 Å². The van der Waals surface area contributed by atoms with Gasteiger partial charge in [0, 0.05) is 35.1 Å². The molecule has 1 aliphatic heterocycles. The van der Waals surface area contributed by atoms with Crippen molar-refractivity contribution in [1.82, 2.24) is 9.88 Å². The fourth-order valence-electron chi connectivity index (χ4n) is 2.52. The maximum atomic E-state index is 11.8. The number of aromatic nitrogens is 1. The van der Waals surface area contributed by atoms with Crippen LogP contribution in [0, 0.1) is 6.92 Å². The molecule has 1 aromatic heterocycles. The summed E-state index contributed by atoms with van der Waals surface area (Å²) in [5.74, 6) is 0. The Bertz CT molecular complexity index is 689. The van der Waals surface area contributed by atoms with Crippen LogP contribution in [0.4, 0.5) is 0 Å². The van der Waals surface area contributed by atoms with E-state index in [1.54, 1.807) is 0 Å². The molecule has 0 saturated carbocycles. The minimum atomic E-state index is -0.0207. The summed E-state index contributed by atoms with van der Waals surface area (Å²) in [4.78, 5) is 18.1. The van der Waals surface area contributed by atoms with Crippen molar-refractivity contribution in [1.29, 1.82) is 0 Å². The lowest BCUT2D eigenvalue weighted by atomic mass is 10.0. The Morgan fingerprint density at radius 3 is 2.90 bits per heavy atom. The lowest BCUT2D eigenvalue weighted by molar-refractivity contribution is 0.0347. The number of thiazole rings is 1. The topological polar surface area (TPSA) is 45.3 Å². The zero-order valence-corrected chi connectivity index (χ0v) is 13.4. The molecule has 4 nitrogen and oxygen atoms in total. The molecule has 0 amide bonds. The van der Waals surface area contributed by atoms with Gasteiger partial charge in [0.15, 0.2) is 0 Å². The number of ether oxygens (including phenoxy) is 1. The largest absolute Gasteiger partial charge is 0.379 e. The highest BCUT2D eigenvalue weighted by atomic mass is 35.5. The molecule has 3 rings (SSSR count). The highest BCUT2D eigenvalue weighted by Crippen LogP contribution is 2.29. The van der Waals surface area contributed by atoms with Gasteiger partial charge in [-0.1, -0.05) is 29.0 Å². The number of rotatable bonds is 3. The molecule has 0 radical (unpaired) electrons. The summed E-state index contributed by atoms with van der Waals surface area (Å²) in [5, 5.41) is 0.681. The number of H-pyrrole nitrogens is 1. The number of morpholine rings is 1. The second-order valence-electron chi connectivity index (χ2n) is 5.16. The molecule has 2 heterocycles. The maximum absolute atomic E-state index is 11.8. The molecule has 0 unspecified atom stereocenters. The summed E-state index contributed by atoms with van der Waals surface area (Å²) in [6.45, 7) is 6.12. The van der Waals surface area contributed by atoms with E-state index >= 15 is 0 Å². The van der Waals surface area contributed by atoms with Crippen LogP contribution in [0.2, 0.25) is 5.02 Å². The highest BCUT2D eigenvalue weighted by molar-refractivity contribution is 7.09. The van der Waals surface area contributed by atoms with E-state index in [1.165, 1.54) is 11.3 Å². The number of nitrogens with one attached hydrogen (secondary N) is 1. The Hall–Kier alpha value is -1.14. The van der Waals surface area contributed by atoms with Crippen molar-refractivity contribution >= 4 is 22.9 Å². The van der Waals surface area contributed by atoms with E-state index in [2.05, 4.69) is 9.88 Å². The summed E-state index contributed by atoms with van der Waals surface area (Å²) in [6, 6.07) is 5.76. The average molecular weight is 325 g/mol. The van der Waals surface area contributed by atoms with Gasteiger partial charge in [0.1, 0.15) is 0 Å². The van der Waals surface area contributed by atoms with Gasteiger partial charge in [0.2, 0.25) is 0 Å². The molecule has 1 fully saturated rings. The molecule has 0 aliphatic carbocycles. The van der Waals surface area contributed by atoms with Crippen LogP contribution in [-0.2, 0) is 11.3 Å². The van der Waals surface area contributed by atoms with Crippen LogP contribution >= 0.6 is 22.9 Å². The van der Waals surface area contributed by atoms with Gasteiger partial charge in [-0.05, 0) is 24.6 Å². The number of hydrogen-bond donors (Lipinski definition) is 1. The van der Waals surface area contributed by atoms with Crippen molar-refractivity contribution in [3.05, 3.63) is 43.3 Å². The third kappa shape index (κ3) is 3.37. The lowest BCUT2D eigenvalue weighted by Gasteiger charge is -2.26. The molecule has 1 aromatic carbocycles. The Morgan fingerprint density at radius 2 is 2.14 bits per heavy atom. The van der Waals surface area contributed by atoms with Crippen LogP contribution in [0.15, 0.2) is 23.0 Å². The summed E-state index contributed by atoms with van der Waals surface area (Å²) in [7, 11) is 0. The first-order valence-corrected chi connectivity index (χ1v) is 8.11. The van der Waals surface area contributed by atoms with Crippen molar-refractivity contribution in [2.75, 3.05) is 26.3 Å². The van der Waals surface area contributed by atoms with Crippen LogP contribution in [0.3, 0.4) is 0 Å². The molecule has 0 spiro atoms. The Morgan fingerprint density at radius 1 is 1.38 bits per heavy atom. The van der Waals surface area contributed by atoms with Gasteiger partial charge in [-0.25, -0.2) is 0 Å². The summed E-state index contributed by atoms with van der Waals surface area (Å²) in [5.41, 5.74) is 3.01. The molecule has 0 bridgehead atoms. The number of hydrogen-bond acceptors (Lipinski definition) is 4. The Balaban J connectivity index is 1.95. The maximum Gasteiger partial charge on any atom is 0.305 e. The van der Waals surface area contributed by atoms with Crippen molar-refractivity contribution < 1.29 is 4.74 Å². The fraction of sp³-hybridized carbons (Fsp3) is 0.400. The molecule has 112 valence electrons. The number of aromatic amines is 1. The van der Waals surface area contributed by atoms with Crippen molar-refractivity contribution in [3.8, 4) is 11.3 Å². The summed E-state index contributed by atoms with van der Waals surface area (Å²) in [6.07, 6.45) is 0. The molecular formula is C15H17ClN2O2S. The smallest absolute Gasteiger partial charge is 0.305 e. The normalized spacial score (nSPS) is 16.3. The average Bonchev–Trinajstić information content (AvgIpc) is 2.83. The molecule has 21 heavy (non-hydrogen) atoms. The first-order valence-electron chi connectivity index (χ1n) is 6.92. The monoisotopic (exact) mass is 324 g/mol. The zero-order chi connectivity index (χ0) is 14.8. The number of aryl methyl sites for hydroxylation is 1. The van der Waals surface area contributed by atoms with Gasteiger partial charge in [-0.3, -0.25) is 9.69 Å². The third-order valence-corrected chi connectivity index (χ3v) is 4.76. The van der Waals surface area contributed by atoms with Gasteiger partial charge >= 0.3 is 4.87 Å². The second kappa shape index (κ2) is 6.32. The lowest BCUT2D eigenvalue weighted by Crippen LogP contribution is -2.35. The molecule has 6 heteroatoms. The number of nitrogens with zero attached hydrogens (tertiary/aromatic N) is 1. The third-order valence-electron chi connectivity index (χ3n) is 3.66. The predicted molar refractivity (Wildman–Crippen MR) is 86.2 cm³/mol. The molecular weight excluding hydrogens is 308 g/mol. The van der Waals surface area contributed by atoms with Gasteiger partial charge in [0.25, 0.3) is 0 Å². The molecule has 1 N–H and O–H groups in total. The van der Waals surface area contributed by atoms with Crippen LogP contribution in [0.5, 0.6) is 0 Å². The SMILES string of the molecule is Cc1ccc(Cl)cc1-c1[nH]c(=O)sc1CN1CCOCC1. The van der Waals surface area contributed by atoms with E-state index in [0.717, 1.165) is 54.5 Å². The fourth-order valence-corrected chi connectivity index (χ4v) is 3.57. The van der Waals surface area contributed by atoms with E-state index in [0.29, 0.717) is 5.02 Å². The first-order chi connectivity index (χ1) is 10.1. The Kier molecular flexibility index (Phi) is 4.45. The van der Waals surface area contributed by atoms with E-state index in [-0.39, 0.29) is 4.87 Å². The first kappa shape index (κ1) is 14.8. The molecule has 1 saturated heterocycles. The minimum absolute atomic E-state index is 0.0207. The van der Waals surface area contributed by atoms with E-state index < -0.39 is 0 Å². The standard InChI is InChI=1S/C15H17ClN2O2S/c1-10-2-3-11(16)8-12(10)14-13(21-15(19)17-14)9-18-4-6-20-7-5-18/h2-3,8H,4-7,9H2,1H3,(H,17,19). The molecule has 1 aliphatic rings. The highest BCUT2D eigenvalue weighted by Gasteiger charge is 2.17.